The minimum absolute atomic E-state index is 0.632. The minimum Gasteiger partial charge on any atom is -0.397 e. The molecule has 0 radical (unpaired) electrons. The molecule has 1 aromatic carbocycles. The van der Waals surface area contributed by atoms with E-state index in [4.69, 9.17) is 11.0 Å². The molecule has 4 nitrogen and oxygen atoms in total. The fraction of sp³-hybridized carbons (Fsp3) is 0.214. The molecule has 1 heterocycles. The van der Waals surface area contributed by atoms with E-state index in [2.05, 4.69) is 22.0 Å². The SMILES string of the molecule is CN(CCc1cc[nH]c1)c1cc(C#N)ccc1N. The number of nitriles is 1. The fourth-order valence-corrected chi connectivity index (χ4v) is 1.87. The summed E-state index contributed by atoms with van der Waals surface area (Å²) in [6.07, 6.45) is 4.85. The van der Waals surface area contributed by atoms with Crippen molar-refractivity contribution in [2.75, 3.05) is 24.2 Å². The zero-order chi connectivity index (χ0) is 13.0. The number of hydrogen-bond acceptors (Lipinski definition) is 3. The summed E-state index contributed by atoms with van der Waals surface area (Å²) >= 11 is 0. The Balaban J connectivity index is 2.08. The third kappa shape index (κ3) is 2.64. The van der Waals surface area contributed by atoms with Gasteiger partial charge in [0.15, 0.2) is 0 Å². The number of benzene rings is 1. The average molecular weight is 240 g/mol. The Kier molecular flexibility index (Phi) is 3.54. The fourth-order valence-electron chi connectivity index (χ4n) is 1.87. The van der Waals surface area contributed by atoms with Crippen LogP contribution in [0, 0.1) is 11.3 Å². The maximum absolute atomic E-state index is 8.90. The number of rotatable bonds is 4. The quantitative estimate of drug-likeness (QED) is 0.804. The third-order valence-electron chi connectivity index (χ3n) is 2.97. The van der Waals surface area contributed by atoms with Crippen LogP contribution in [0.3, 0.4) is 0 Å². The van der Waals surface area contributed by atoms with Crippen molar-refractivity contribution >= 4 is 11.4 Å². The summed E-state index contributed by atoms with van der Waals surface area (Å²) < 4.78 is 0. The number of aromatic amines is 1. The zero-order valence-electron chi connectivity index (χ0n) is 10.4. The third-order valence-corrected chi connectivity index (χ3v) is 2.97. The van der Waals surface area contributed by atoms with E-state index in [1.807, 2.05) is 25.5 Å². The van der Waals surface area contributed by atoms with E-state index >= 15 is 0 Å². The number of nitrogens with one attached hydrogen (secondary N) is 1. The van der Waals surface area contributed by atoms with E-state index in [-0.39, 0.29) is 0 Å². The van der Waals surface area contributed by atoms with Gasteiger partial charge in [0.2, 0.25) is 0 Å². The molecule has 18 heavy (non-hydrogen) atoms. The van der Waals surface area contributed by atoms with Crippen LogP contribution in [-0.2, 0) is 6.42 Å². The second kappa shape index (κ2) is 5.28. The topological polar surface area (TPSA) is 68.8 Å². The standard InChI is InChI=1S/C14H16N4/c1-18(7-5-11-4-6-17-10-11)14-8-12(9-15)2-3-13(14)16/h2-4,6,8,10,17H,5,7,16H2,1H3. The summed E-state index contributed by atoms with van der Waals surface area (Å²) in [5.41, 5.74) is 9.44. The van der Waals surface area contributed by atoms with Gasteiger partial charge in [0, 0.05) is 26.0 Å². The van der Waals surface area contributed by atoms with Crippen molar-refractivity contribution in [2.45, 2.75) is 6.42 Å². The first kappa shape index (κ1) is 12.1. The van der Waals surface area contributed by atoms with E-state index in [0.717, 1.165) is 18.7 Å². The molecule has 0 unspecified atom stereocenters. The Morgan fingerprint density at radius 3 is 2.89 bits per heavy atom. The van der Waals surface area contributed by atoms with Crippen molar-refractivity contribution in [3.05, 3.63) is 47.8 Å². The molecule has 0 saturated carbocycles. The van der Waals surface area contributed by atoms with Gasteiger partial charge in [-0.05, 0) is 36.2 Å². The lowest BCUT2D eigenvalue weighted by Gasteiger charge is -2.21. The Morgan fingerprint density at radius 2 is 2.22 bits per heavy atom. The first-order valence-corrected chi connectivity index (χ1v) is 5.83. The van der Waals surface area contributed by atoms with Gasteiger partial charge in [-0.15, -0.1) is 0 Å². The summed E-state index contributed by atoms with van der Waals surface area (Å²) in [6.45, 7) is 0.858. The molecule has 0 spiro atoms. The number of likely N-dealkylation sites (N-methyl/N-ethyl adjacent to an activating group) is 1. The van der Waals surface area contributed by atoms with Gasteiger partial charge in [-0.3, -0.25) is 0 Å². The Hall–Kier alpha value is -2.41. The molecule has 92 valence electrons. The van der Waals surface area contributed by atoms with Crippen LogP contribution in [0.25, 0.3) is 0 Å². The maximum Gasteiger partial charge on any atom is 0.0992 e. The van der Waals surface area contributed by atoms with Gasteiger partial charge < -0.3 is 15.6 Å². The van der Waals surface area contributed by atoms with Crippen molar-refractivity contribution in [3.63, 3.8) is 0 Å². The molecular weight excluding hydrogens is 224 g/mol. The van der Waals surface area contributed by atoms with Crippen molar-refractivity contribution in [2.24, 2.45) is 0 Å². The second-order valence-corrected chi connectivity index (χ2v) is 4.28. The zero-order valence-corrected chi connectivity index (χ0v) is 10.4. The molecule has 0 bridgehead atoms. The number of nitrogens with zero attached hydrogens (tertiary/aromatic N) is 2. The summed E-state index contributed by atoms with van der Waals surface area (Å²) in [5, 5.41) is 8.90. The van der Waals surface area contributed by atoms with Gasteiger partial charge in [0.1, 0.15) is 0 Å². The molecule has 0 aliphatic heterocycles. The molecule has 1 aromatic heterocycles. The summed E-state index contributed by atoms with van der Waals surface area (Å²) in [5.74, 6) is 0. The Bertz CT molecular complexity index is 552. The largest absolute Gasteiger partial charge is 0.397 e. The minimum atomic E-state index is 0.632. The summed E-state index contributed by atoms with van der Waals surface area (Å²) in [6, 6.07) is 9.53. The highest BCUT2D eigenvalue weighted by molar-refractivity contribution is 5.69. The highest BCUT2D eigenvalue weighted by Gasteiger charge is 2.06. The van der Waals surface area contributed by atoms with Crippen molar-refractivity contribution in [1.82, 2.24) is 4.98 Å². The number of nitrogen functional groups attached to an aromatic ring is 1. The number of nitrogens with two attached hydrogens (primary N) is 1. The van der Waals surface area contributed by atoms with Crippen LogP contribution >= 0.6 is 0 Å². The Labute approximate surface area is 107 Å². The smallest absolute Gasteiger partial charge is 0.0992 e. The number of aromatic nitrogens is 1. The molecule has 2 rings (SSSR count). The van der Waals surface area contributed by atoms with Crippen LogP contribution in [0.2, 0.25) is 0 Å². The van der Waals surface area contributed by atoms with E-state index in [0.29, 0.717) is 11.3 Å². The molecule has 0 fully saturated rings. The monoisotopic (exact) mass is 240 g/mol. The van der Waals surface area contributed by atoms with E-state index < -0.39 is 0 Å². The number of H-pyrrole nitrogens is 1. The molecular formula is C14H16N4. The van der Waals surface area contributed by atoms with Crippen molar-refractivity contribution < 1.29 is 0 Å². The van der Waals surface area contributed by atoms with Gasteiger partial charge in [-0.25, -0.2) is 0 Å². The first-order valence-electron chi connectivity index (χ1n) is 5.83. The summed E-state index contributed by atoms with van der Waals surface area (Å²) in [4.78, 5) is 5.11. The lowest BCUT2D eigenvalue weighted by molar-refractivity contribution is 0.878. The number of hydrogen-bond donors (Lipinski definition) is 2. The van der Waals surface area contributed by atoms with Crippen LogP contribution in [-0.4, -0.2) is 18.6 Å². The lowest BCUT2D eigenvalue weighted by atomic mass is 10.1. The summed E-state index contributed by atoms with van der Waals surface area (Å²) in [7, 11) is 1.99. The second-order valence-electron chi connectivity index (χ2n) is 4.28. The predicted octanol–water partition coefficient (Wildman–Crippen LogP) is 2.15. The first-order chi connectivity index (χ1) is 8.70. The van der Waals surface area contributed by atoms with Crippen LogP contribution in [0.1, 0.15) is 11.1 Å². The molecule has 4 heteroatoms. The Morgan fingerprint density at radius 1 is 1.39 bits per heavy atom. The van der Waals surface area contributed by atoms with E-state index in [1.54, 1.807) is 12.1 Å². The molecule has 0 atom stereocenters. The van der Waals surface area contributed by atoms with Gasteiger partial charge in [-0.1, -0.05) is 0 Å². The average Bonchev–Trinajstić information content (AvgIpc) is 2.89. The molecule has 0 aliphatic carbocycles. The predicted molar refractivity (Wildman–Crippen MR) is 73.3 cm³/mol. The van der Waals surface area contributed by atoms with Crippen molar-refractivity contribution in [1.29, 1.82) is 5.26 Å². The molecule has 2 aromatic rings. The van der Waals surface area contributed by atoms with Crippen LogP contribution in [0.5, 0.6) is 0 Å². The van der Waals surface area contributed by atoms with Crippen LogP contribution < -0.4 is 10.6 Å². The lowest BCUT2D eigenvalue weighted by Crippen LogP contribution is -2.21. The molecule has 0 saturated heterocycles. The highest BCUT2D eigenvalue weighted by atomic mass is 15.1. The van der Waals surface area contributed by atoms with E-state index in [9.17, 15) is 0 Å². The van der Waals surface area contributed by atoms with Gasteiger partial charge in [-0.2, -0.15) is 5.26 Å². The number of anilines is 2. The normalized spacial score (nSPS) is 10.0. The van der Waals surface area contributed by atoms with E-state index in [1.165, 1.54) is 5.56 Å². The highest BCUT2D eigenvalue weighted by Crippen LogP contribution is 2.23. The molecule has 0 aliphatic rings. The van der Waals surface area contributed by atoms with Crippen molar-refractivity contribution in [3.8, 4) is 6.07 Å². The van der Waals surface area contributed by atoms with Gasteiger partial charge in [0.25, 0.3) is 0 Å². The molecule has 0 amide bonds. The van der Waals surface area contributed by atoms with Crippen LogP contribution in [0.15, 0.2) is 36.7 Å². The van der Waals surface area contributed by atoms with Gasteiger partial charge in [0.05, 0.1) is 23.0 Å². The molecule has 3 N–H and O–H groups in total. The maximum atomic E-state index is 8.90. The van der Waals surface area contributed by atoms with Crippen LogP contribution in [0.4, 0.5) is 11.4 Å². The van der Waals surface area contributed by atoms with Gasteiger partial charge >= 0.3 is 0 Å².